The van der Waals surface area contributed by atoms with Gasteiger partial charge in [0.25, 0.3) is 0 Å². The zero-order chi connectivity index (χ0) is 18.1. The fourth-order valence-electron chi connectivity index (χ4n) is 3.87. The molecular formula is C21H22N4O. The highest BCUT2D eigenvalue weighted by Gasteiger charge is 2.17. The Morgan fingerprint density at radius 2 is 2.23 bits per heavy atom. The number of pyridine rings is 1. The third-order valence-electron chi connectivity index (χ3n) is 5.14. The van der Waals surface area contributed by atoms with E-state index < -0.39 is 0 Å². The Morgan fingerprint density at radius 1 is 1.35 bits per heavy atom. The predicted octanol–water partition coefficient (Wildman–Crippen LogP) is 4.04. The zero-order valence-corrected chi connectivity index (χ0v) is 14.9. The van der Waals surface area contributed by atoms with E-state index in [1.54, 1.807) is 12.1 Å². The first-order valence-corrected chi connectivity index (χ1v) is 9.06. The molecule has 4 rings (SSSR count). The quantitative estimate of drug-likeness (QED) is 0.750. The Hall–Kier alpha value is -2.84. The fraction of sp³-hybridized carbons (Fsp3) is 0.333. The van der Waals surface area contributed by atoms with E-state index in [-0.39, 0.29) is 5.88 Å². The first-order valence-electron chi connectivity index (χ1n) is 9.06. The fourth-order valence-corrected chi connectivity index (χ4v) is 3.87. The molecule has 1 aliphatic rings. The Bertz CT molecular complexity index is 968. The Balaban J connectivity index is 1.60. The van der Waals surface area contributed by atoms with Crippen molar-refractivity contribution in [2.45, 2.75) is 26.3 Å². The largest absolute Gasteiger partial charge is 0.494 e. The highest BCUT2D eigenvalue weighted by molar-refractivity contribution is 5.98. The van der Waals surface area contributed by atoms with Gasteiger partial charge in [0.05, 0.1) is 28.4 Å². The summed E-state index contributed by atoms with van der Waals surface area (Å²) < 4.78 is 0. The first-order chi connectivity index (χ1) is 12.6. The normalized spacial score (nSPS) is 18.1. The molecule has 3 heterocycles. The van der Waals surface area contributed by atoms with Gasteiger partial charge >= 0.3 is 0 Å². The van der Waals surface area contributed by atoms with Gasteiger partial charge in [-0.2, -0.15) is 5.26 Å². The summed E-state index contributed by atoms with van der Waals surface area (Å²) in [5.74, 6) is 0.845. The van der Waals surface area contributed by atoms with Gasteiger partial charge in [0, 0.05) is 24.7 Å². The van der Waals surface area contributed by atoms with Crippen LogP contribution < -0.4 is 0 Å². The van der Waals surface area contributed by atoms with Crippen LogP contribution in [-0.2, 0) is 6.54 Å². The van der Waals surface area contributed by atoms with Crippen LogP contribution in [0.2, 0.25) is 0 Å². The highest BCUT2D eigenvalue weighted by Crippen LogP contribution is 2.35. The number of nitrogens with one attached hydrogen (secondary N) is 1. The minimum atomic E-state index is 0.0835. The van der Waals surface area contributed by atoms with Crippen LogP contribution in [0.15, 0.2) is 36.5 Å². The molecule has 0 aliphatic carbocycles. The molecule has 5 heteroatoms. The van der Waals surface area contributed by atoms with E-state index in [9.17, 15) is 5.11 Å². The number of H-pyrrole nitrogens is 1. The zero-order valence-electron chi connectivity index (χ0n) is 14.9. The van der Waals surface area contributed by atoms with Crippen molar-refractivity contribution in [3.05, 3.63) is 47.7 Å². The minimum Gasteiger partial charge on any atom is -0.494 e. The molecule has 0 spiro atoms. The van der Waals surface area contributed by atoms with Gasteiger partial charge in [0.2, 0.25) is 0 Å². The maximum Gasteiger partial charge on any atom is 0.199 e. The van der Waals surface area contributed by atoms with Crippen molar-refractivity contribution in [3.8, 4) is 23.2 Å². The predicted molar refractivity (Wildman–Crippen MR) is 102 cm³/mol. The van der Waals surface area contributed by atoms with Crippen LogP contribution >= 0.6 is 0 Å². The summed E-state index contributed by atoms with van der Waals surface area (Å²) in [6.45, 7) is 5.52. The average Bonchev–Trinajstić information content (AvgIpc) is 2.97. The minimum absolute atomic E-state index is 0.0835. The molecule has 26 heavy (non-hydrogen) atoms. The number of rotatable bonds is 3. The maximum atomic E-state index is 10.3. The number of hydrogen-bond acceptors (Lipinski definition) is 4. The van der Waals surface area contributed by atoms with E-state index >= 15 is 0 Å². The lowest BCUT2D eigenvalue weighted by Crippen LogP contribution is -2.33. The van der Waals surface area contributed by atoms with Gasteiger partial charge in [-0.25, -0.2) is 0 Å². The van der Waals surface area contributed by atoms with Crippen molar-refractivity contribution in [2.24, 2.45) is 5.92 Å². The standard InChI is InChI=1S/C21H22N4O/c1-14-3-2-8-25(12-14)13-16-5-7-18(23-11-16)20-17-6-4-15(10-22)9-19(17)24-21(20)26/h4-7,9,11,14,24,26H,2-3,8,12-13H2,1H3. The molecule has 2 aromatic heterocycles. The smallest absolute Gasteiger partial charge is 0.199 e. The van der Waals surface area contributed by atoms with E-state index in [1.807, 2.05) is 18.3 Å². The van der Waals surface area contributed by atoms with Crippen LogP contribution in [0, 0.1) is 17.2 Å². The number of benzene rings is 1. The number of aromatic amines is 1. The van der Waals surface area contributed by atoms with Gasteiger partial charge < -0.3 is 10.1 Å². The number of aromatic hydroxyl groups is 1. The van der Waals surface area contributed by atoms with Crippen LogP contribution in [0.3, 0.4) is 0 Å². The Labute approximate surface area is 152 Å². The topological polar surface area (TPSA) is 75.9 Å². The molecule has 3 aromatic rings. The van der Waals surface area contributed by atoms with Gasteiger partial charge in [0.15, 0.2) is 5.88 Å². The maximum absolute atomic E-state index is 10.3. The highest BCUT2D eigenvalue weighted by atomic mass is 16.3. The molecule has 1 saturated heterocycles. The van der Waals surface area contributed by atoms with E-state index in [1.165, 1.54) is 18.4 Å². The van der Waals surface area contributed by atoms with Gasteiger partial charge in [-0.15, -0.1) is 0 Å². The second-order valence-electron chi connectivity index (χ2n) is 7.25. The summed E-state index contributed by atoms with van der Waals surface area (Å²) >= 11 is 0. The third-order valence-corrected chi connectivity index (χ3v) is 5.14. The molecule has 1 unspecified atom stereocenters. The lowest BCUT2D eigenvalue weighted by atomic mass is 10.00. The van der Waals surface area contributed by atoms with Gasteiger partial charge in [0.1, 0.15) is 0 Å². The summed E-state index contributed by atoms with van der Waals surface area (Å²) in [5, 5.41) is 20.2. The van der Waals surface area contributed by atoms with Crippen molar-refractivity contribution >= 4 is 10.9 Å². The lowest BCUT2D eigenvalue weighted by Gasteiger charge is -2.30. The second-order valence-corrected chi connectivity index (χ2v) is 7.25. The van der Waals surface area contributed by atoms with Gasteiger partial charge in [-0.1, -0.05) is 19.1 Å². The lowest BCUT2D eigenvalue weighted by molar-refractivity contribution is 0.176. The van der Waals surface area contributed by atoms with E-state index in [0.29, 0.717) is 11.1 Å². The Kier molecular flexibility index (Phi) is 4.36. The molecule has 1 aliphatic heterocycles. The number of fused-ring (bicyclic) bond motifs is 1. The Morgan fingerprint density at radius 3 is 2.96 bits per heavy atom. The molecule has 2 N–H and O–H groups in total. The summed E-state index contributed by atoms with van der Waals surface area (Å²) in [6.07, 6.45) is 4.48. The molecule has 0 bridgehead atoms. The van der Waals surface area contributed by atoms with Crippen LogP contribution in [0.5, 0.6) is 5.88 Å². The van der Waals surface area contributed by atoms with Crippen molar-refractivity contribution < 1.29 is 5.11 Å². The number of nitriles is 1. The summed E-state index contributed by atoms with van der Waals surface area (Å²) in [6, 6.07) is 11.5. The number of aromatic nitrogens is 2. The number of nitrogens with zero attached hydrogens (tertiary/aromatic N) is 3. The second kappa shape index (κ2) is 6.81. The van der Waals surface area contributed by atoms with Crippen LogP contribution in [0.1, 0.15) is 30.9 Å². The molecule has 5 nitrogen and oxygen atoms in total. The molecule has 0 amide bonds. The molecule has 1 fully saturated rings. The van der Waals surface area contributed by atoms with Crippen molar-refractivity contribution in [3.63, 3.8) is 0 Å². The van der Waals surface area contributed by atoms with E-state index in [4.69, 9.17) is 5.26 Å². The number of hydrogen-bond donors (Lipinski definition) is 2. The van der Waals surface area contributed by atoms with Gasteiger partial charge in [-0.3, -0.25) is 9.88 Å². The number of likely N-dealkylation sites (tertiary alicyclic amines) is 1. The van der Waals surface area contributed by atoms with Crippen molar-refractivity contribution in [2.75, 3.05) is 13.1 Å². The van der Waals surface area contributed by atoms with Crippen molar-refractivity contribution in [1.82, 2.24) is 14.9 Å². The third kappa shape index (κ3) is 3.16. The summed E-state index contributed by atoms with van der Waals surface area (Å²) in [7, 11) is 0. The van der Waals surface area contributed by atoms with Crippen LogP contribution in [0.25, 0.3) is 22.2 Å². The van der Waals surface area contributed by atoms with Crippen molar-refractivity contribution in [1.29, 1.82) is 5.26 Å². The molecule has 1 atom stereocenters. The molecule has 0 radical (unpaired) electrons. The first kappa shape index (κ1) is 16.6. The molecular weight excluding hydrogens is 324 g/mol. The SMILES string of the molecule is CC1CCCN(Cc2ccc(-c3c(O)[nH]c4cc(C#N)ccc34)nc2)C1. The van der Waals surface area contributed by atoms with Crippen LogP contribution in [-0.4, -0.2) is 33.1 Å². The molecule has 132 valence electrons. The van der Waals surface area contributed by atoms with E-state index in [2.05, 4.69) is 33.9 Å². The monoisotopic (exact) mass is 346 g/mol. The molecule has 1 aromatic carbocycles. The van der Waals surface area contributed by atoms with Gasteiger partial charge in [-0.05, 0) is 49.1 Å². The summed E-state index contributed by atoms with van der Waals surface area (Å²) in [4.78, 5) is 10.0. The van der Waals surface area contributed by atoms with Crippen LogP contribution in [0.4, 0.5) is 0 Å². The number of piperidine rings is 1. The molecule has 0 saturated carbocycles. The van der Waals surface area contributed by atoms with E-state index in [0.717, 1.165) is 42.1 Å². The average molecular weight is 346 g/mol. The summed E-state index contributed by atoms with van der Waals surface area (Å²) in [5.41, 5.74) is 3.90.